The fourth-order valence-electron chi connectivity index (χ4n) is 6.74. The molecule has 5 rings (SSSR count). The highest BCUT2D eigenvalue weighted by molar-refractivity contribution is 5.94. The SMILES string of the molecule is CC1CC=CC2C3OC3(C)C(C)C3C(Cc4ccccc4)NC(=O)C23OC(=O)C=CC(O)CCC1. The molecule has 188 valence electrons. The van der Waals surface area contributed by atoms with Gasteiger partial charge in [0.2, 0.25) is 5.60 Å². The minimum absolute atomic E-state index is 0.00462. The lowest BCUT2D eigenvalue weighted by Crippen LogP contribution is -2.61. The first-order valence-electron chi connectivity index (χ1n) is 13.0. The van der Waals surface area contributed by atoms with E-state index < -0.39 is 17.7 Å². The van der Waals surface area contributed by atoms with Crippen molar-refractivity contribution in [2.24, 2.45) is 23.7 Å². The van der Waals surface area contributed by atoms with Gasteiger partial charge in [0.05, 0.1) is 23.7 Å². The van der Waals surface area contributed by atoms with Gasteiger partial charge in [-0.2, -0.15) is 0 Å². The summed E-state index contributed by atoms with van der Waals surface area (Å²) >= 11 is 0. The van der Waals surface area contributed by atoms with Crippen LogP contribution in [-0.4, -0.2) is 46.4 Å². The topological polar surface area (TPSA) is 88.2 Å². The van der Waals surface area contributed by atoms with Crippen LogP contribution in [0.25, 0.3) is 0 Å². The van der Waals surface area contributed by atoms with E-state index in [1.807, 2.05) is 18.2 Å². The van der Waals surface area contributed by atoms with Crippen LogP contribution in [0.1, 0.15) is 52.0 Å². The normalized spacial score (nSPS) is 43.3. The van der Waals surface area contributed by atoms with Crippen LogP contribution in [0.3, 0.4) is 0 Å². The van der Waals surface area contributed by atoms with Crippen LogP contribution >= 0.6 is 0 Å². The van der Waals surface area contributed by atoms with Gasteiger partial charge in [0.1, 0.15) is 0 Å². The van der Waals surface area contributed by atoms with Crippen molar-refractivity contribution >= 4 is 11.9 Å². The number of aliphatic hydroxyl groups is 1. The minimum atomic E-state index is -1.35. The van der Waals surface area contributed by atoms with E-state index in [0.717, 1.165) is 24.8 Å². The Hall–Kier alpha value is -2.44. The summed E-state index contributed by atoms with van der Waals surface area (Å²) in [7, 11) is 0. The molecule has 4 aliphatic rings. The molecule has 0 radical (unpaired) electrons. The van der Waals surface area contributed by atoms with Crippen LogP contribution in [0.5, 0.6) is 0 Å². The number of aliphatic hydroxyl groups excluding tert-OH is 1. The van der Waals surface area contributed by atoms with Gasteiger partial charge >= 0.3 is 5.97 Å². The van der Waals surface area contributed by atoms with Gasteiger partial charge in [-0.1, -0.05) is 69.2 Å². The zero-order chi connectivity index (χ0) is 24.8. The number of benzene rings is 1. The number of epoxide rings is 1. The van der Waals surface area contributed by atoms with E-state index >= 15 is 0 Å². The van der Waals surface area contributed by atoms with Crippen molar-refractivity contribution in [3.63, 3.8) is 0 Å². The molecule has 1 saturated carbocycles. The van der Waals surface area contributed by atoms with E-state index in [2.05, 4.69) is 50.4 Å². The molecule has 2 N–H and O–H groups in total. The highest BCUT2D eigenvalue weighted by Gasteiger charge is 2.78. The van der Waals surface area contributed by atoms with Crippen LogP contribution in [0.2, 0.25) is 0 Å². The molecule has 2 saturated heterocycles. The number of hydrogen-bond acceptors (Lipinski definition) is 5. The Bertz CT molecular complexity index is 1020. The van der Waals surface area contributed by atoms with E-state index in [-0.39, 0.29) is 41.4 Å². The number of hydrogen-bond donors (Lipinski definition) is 2. The van der Waals surface area contributed by atoms with Crippen LogP contribution in [-0.2, 0) is 25.5 Å². The van der Waals surface area contributed by atoms with E-state index in [4.69, 9.17) is 9.47 Å². The van der Waals surface area contributed by atoms with Gasteiger partial charge in [0.15, 0.2) is 0 Å². The van der Waals surface area contributed by atoms with Crippen molar-refractivity contribution in [3.8, 4) is 0 Å². The molecule has 35 heavy (non-hydrogen) atoms. The van der Waals surface area contributed by atoms with Crippen molar-refractivity contribution in [3.05, 3.63) is 60.2 Å². The molecule has 3 fully saturated rings. The second-order valence-corrected chi connectivity index (χ2v) is 11.2. The van der Waals surface area contributed by atoms with Crippen molar-refractivity contribution in [1.29, 1.82) is 0 Å². The zero-order valence-electron chi connectivity index (χ0n) is 20.9. The molecule has 1 aliphatic carbocycles. The number of fused-ring (bicyclic) bond motifs is 2. The molecule has 1 aromatic carbocycles. The first kappa shape index (κ1) is 24.3. The van der Waals surface area contributed by atoms with Gasteiger partial charge in [0, 0.05) is 18.0 Å². The smallest absolute Gasteiger partial charge is 0.331 e. The van der Waals surface area contributed by atoms with Gasteiger partial charge in [-0.15, -0.1) is 0 Å². The molecule has 3 aliphatic heterocycles. The van der Waals surface area contributed by atoms with Crippen molar-refractivity contribution in [2.45, 2.75) is 82.3 Å². The monoisotopic (exact) mass is 479 g/mol. The van der Waals surface area contributed by atoms with Crippen LogP contribution < -0.4 is 5.32 Å². The number of carbonyl (C=O) groups is 2. The fourth-order valence-corrected chi connectivity index (χ4v) is 6.74. The second kappa shape index (κ2) is 9.21. The molecule has 1 aromatic rings. The molecule has 6 nitrogen and oxygen atoms in total. The summed E-state index contributed by atoms with van der Waals surface area (Å²) in [4.78, 5) is 26.9. The van der Waals surface area contributed by atoms with Crippen molar-refractivity contribution in [2.75, 3.05) is 0 Å². The molecule has 0 aromatic heterocycles. The summed E-state index contributed by atoms with van der Waals surface area (Å²) in [6.45, 7) is 6.44. The predicted molar refractivity (Wildman–Crippen MR) is 132 cm³/mol. The number of ether oxygens (including phenoxy) is 2. The standard InChI is InChI=1S/C29H37NO5/c1-18-9-7-13-21(31)15-16-24(32)34-29-22(14-8-10-18)26-28(3,35-26)19(2)25(29)23(30-27(29)33)17-20-11-5-4-6-12-20/h4-6,8,11-12,14-16,18-19,21-23,25-26,31H,7,9-10,13,17H2,1-3H3,(H,30,33). The van der Waals surface area contributed by atoms with Gasteiger partial charge < -0.3 is 19.9 Å². The maximum atomic E-state index is 13.8. The summed E-state index contributed by atoms with van der Waals surface area (Å²) in [6, 6.07) is 9.91. The Balaban J connectivity index is 1.56. The van der Waals surface area contributed by atoms with Crippen LogP contribution in [0.15, 0.2) is 54.6 Å². The van der Waals surface area contributed by atoms with E-state index in [1.54, 1.807) is 0 Å². The first-order valence-corrected chi connectivity index (χ1v) is 13.0. The molecule has 9 unspecified atom stereocenters. The lowest BCUT2D eigenvalue weighted by atomic mass is 9.59. The lowest BCUT2D eigenvalue weighted by molar-refractivity contribution is -0.177. The third-order valence-corrected chi connectivity index (χ3v) is 8.85. The molecule has 9 atom stereocenters. The Morgan fingerprint density at radius 2 is 1.89 bits per heavy atom. The maximum Gasteiger partial charge on any atom is 0.331 e. The average Bonchev–Trinajstić information content (AvgIpc) is 3.45. The van der Waals surface area contributed by atoms with E-state index in [1.165, 1.54) is 12.2 Å². The highest BCUT2D eigenvalue weighted by atomic mass is 16.6. The number of rotatable bonds is 2. The zero-order valence-corrected chi connectivity index (χ0v) is 20.9. The third-order valence-electron chi connectivity index (χ3n) is 8.85. The van der Waals surface area contributed by atoms with Crippen LogP contribution in [0, 0.1) is 23.7 Å². The summed E-state index contributed by atoms with van der Waals surface area (Å²) in [5.41, 5.74) is -0.586. The highest BCUT2D eigenvalue weighted by Crippen LogP contribution is 2.63. The predicted octanol–water partition coefficient (Wildman–Crippen LogP) is 3.73. The molecule has 1 spiro atoms. The molecule has 0 bridgehead atoms. The third kappa shape index (κ3) is 4.25. The van der Waals surface area contributed by atoms with Crippen molar-refractivity contribution < 1.29 is 24.2 Å². The number of nitrogens with one attached hydrogen (secondary N) is 1. The Morgan fingerprint density at radius 3 is 2.66 bits per heavy atom. The maximum absolute atomic E-state index is 13.8. The van der Waals surface area contributed by atoms with Crippen molar-refractivity contribution in [1.82, 2.24) is 5.32 Å². The number of amides is 1. The van der Waals surface area contributed by atoms with Gasteiger partial charge in [-0.3, -0.25) is 4.79 Å². The summed E-state index contributed by atoms with van der Waals surface area (Å²) < 4.78 is 12.5. The first-order chi connectivity index (χ1) is 16.8. The summed E-state index contributed by atoms with van der Waals surface area (Å²) in [5.74, 6) is -0.996. The van der Waals surface area contributed by atoms with E-state index in [0.29, 0.717) is 18.8 Å². The quantitative estimate of drug-likeness (QED) is 0.383. The van der Waals surface area contributed by atoms with Gasteiger partial charge in [-0.25, -0.2) is 4.79 Å². The lowest BCUT2D eigenvalue weighted by Gasteiger charge is -2.45. The van der Waals surface area contributed by atoms with Crippen LogP contribution in [0.4, 0.5) is 0 Å². The Labute approximate surface area is 207 Å². The Morgan fingerprint density at radius 1 is 1.11 bits per heavy atom. The Kier molecular flexibility index (Phi) is 6.39. The largest absolute Gasteiger partial charge is 0.445 e. The number of esters is 1. The van der Waals surface area contributed by atoms with E-state index in [9.17, 15) is 14.7 Å². The second-order valence-electron chi connectivity index (χ2n) is 11.2. The summed E-state index contributed by atoms with van der Waals surface area (Å²) in [6.07, 6.45) is 10.1. The molecular formula is C29H37NO5. The minimum Gasteiger partial charge on any atom is -0.445 e. The average molecular weight is 480 g/mol. The number of allylic oxidation sites excluding steroid dienone is 1. The fraction of sp³-hybridized carbons (Fsp3) is 0.586. The molecule has 3 heterocycles. The summed E-state index contributed by atoms with van der Waals surface area (Å²) in [5, 5.41) is 13.5. The molecule has 6 heteroatoms. The van der Waals surface area contributed by atoms with Gasteiger partial charge in [0.25, 0.3) is 5.91 Å². The number of carbonyl (C=O) groups excluding carboxylic acids is 2. The molecular weight excluding hydrogens is 442 g/mol. The molecule has 1 amide bonds. The van der Waals surface area contributed by atoms with Gasteiger partial charge in [-0.05, 0) is 49.7 Å².